The van der Waals surface area contributed by atoms with Crippen LogP contribution in [0.15, 0.2) is 0 Å². The Balaban J connectivity index is 1.93. The van der Waals surface area contributed by atoms with E-state index in [4.69, 9.17) is 10.5 Å². The minimum absolute atomic E-state index is 0.330. The first kappa shape index (κ1) is 12.3. The van der Waals surface area contributed by atoms with Gasteiger partial charge >= 0.3 is 0 Å². The summed E-state index contributed by atoms with van der Waals surface area (Å²) in [6, 6.07) is 0.390. The molecule has 0 aromatic rings. The van der Waals surface area contributed by atoms with Crippen molar-refractivity contribution in [2.45, 2.75) is 58.3 Å². The van der Waals surface area contributed by atoms with E-state index in [0.29, 0.717) is 23.7 Å². The van der Waals surface area contributed by atoms with Crippen molar-refractivity contribution in [2.24, 2.45) is 11.1 Å². The Morgan fingerprint density at radius 3 is 2.44 bits per heavy atom. The Morgan fingerprint density at radius 1 is 1.31 bits per heavy atom. The average molecular weight is 226 g/mol. The fraction of sp³-hybridized carbons (Fsp3) is 1.00. The van der Waals surface area contributed by atoms with Crippen molar-refractivity contribution < 1.29 is 4.74 Å². The highest BCUT2D eigenvalue weighted by Gasteiger charge is 2.38. The van der Waals surface area contributed by atoms with Crippen LogP contribution in [0.25, 0.3) is 0 Å². The van der Waals surface area contributed by atoms with Gasteiger partial charge in [0, 0.05) is 25.7 Å². The SMILES string of the molecule is CC1CN(CC2(C)CCCC2N)CC(C)O1. The third kappa shape index (κ3) is 2.58. The summed E-state index contributed by atoms with van der Waals surface area (Å²) in [7, 11) is 0. The lowest BCUT2D eigenvalue weighted by Crippen LogP contribution is -2.51. The number of hydrogen-bond acceptors (Lipinski definition) is 3. The predicted molar refractivity (Wildman–Crippen MR) is 66.4 cm³/mol. The molecule has 4 unspecified atom stereocenters. The molecule has 1 heterocycles. The number of ether oxygens (including phenoxy) is 1. The lowest BCUT2D eigenvalue weighted by molar-refractivity contribution is -0.0772. The molecule has 1 aliphatic heterocycles. The molecule has 2 rings (SSSR count). The first-order valence-corrected chi connectivity index (χ1v) is 6.63. The van der Waals surface area contributed by atoms with E-state index in [-0.39, 0.29) is 0 Å². The van der Waals surface area contributed by atoms with Crippen LogP contribution in [0.4, 0.5) is 0 Å². The Labute approximate surface area is 99.3 Å². The predicted octanol–water partition coefficient (Wildman–Crippen LogP) is 1.61. The van der Waals surface area contributed by atoms with E-state index in [1.165, 1.54) is 19.3 Å². The largest absolute Gasteiger partial charge is 0.373 e. The minimum atomic E-state index is 0.330. The second-order valence-corrected chi connectivity index (χ2v) is 6.10. The van der Waals surface area contributed by atoms with Crippen molar-refractivity contribution in [3.63, 3.8) is 0 Å². The maximum absolute atomic E-state index is 6.24. The first-order valence-electron chi connectivity index (χ1n) is 6.63. The molecule has 0 bridgehead atoms. The summed E-state index contributed by atoms with van der Waals surface area (Å²) in [6.07, 6.45) is 4.52. The number of hydrogen-bond donors (Lipinski definition) is 1. The second kappa shape index (κ2) is 4.63. The fourth-order valence-electron chi connectivity index (χ4n) is 3.38. The third-order valence-corrected chi connectivity index (χ3v) is 4.24. The van der Waals surface area contributed by atoms with Crippen LogP contribution in [0.2, 0.25) is 0 Å². The van der Waals surface area contributed by atoms with Crippen molar-refractivity contribution in [2.75, 3.05) is 19.6 Å². The Bertz CT molecular complexity index is 236. The molecule has 1 aliphatic carbocycles. The number of rotatable bonds is 2. The van der Waals surface area contributed by atoms with E-state index < -0.39 is 0 Å². The van der Waals surface area contributed by atoms with Crippen molar-refractivity contribution in [3.05, 3.63) is 0 Å². The van der Waals surface area contributed by atoms with Crippen LogP contribution in [0, 0.1) is 5.41 Å². The van der Waals surface area contributed by atoms with Gasteiger partial charge in [0.15, 0.2) is 0 Å². The van der Waals surface area contributed by atoms with E-state index in [1.54, 1.807) is 0 Å². The van der Waals surface area contributed by atoms with Crippen molar-refractivity contribution >= 4 is 0 Å². The molecule has 0 aromatic heterocycles. The highest BCUT2D eigenvalue weighted by Crippen LogP contribution is 2.37. The van der Waals surface area contributed by atoms with E-state index in [9.17, 15) is 0 Å². The van der Waals surface area contributed by atoms with Gasteiger partial charge in [0.2, 0.25) is 0 Å². The number of nitrogens with two attached hydrogens (primary N) is 1. The van der Waals surface area contributed by atoms with Crippen LogP contribution in [0.1, 0.15) is 40.0 Å². The summed E-state index contributed by atoms with van der Waals surface area (Å²) < 4.78 is 5.77. The normalized spacial score (nSPS) is 46.1. The second-order valence-electron chi connectivity index (χ2n) is 6.10. The minimum Gasteiger partial charge on any atom is -0.373 e. The van der Waals surface area contributed by atoms with Crippen LogP contribution in [0.5, 0.6) is 0 Å². The van der Waals surface area contributed by atoms with E-state index >= 15 is 0 Å². The molecule has 3 nitrogen and oxygen atoms in total. The lowest BCUT2D eigenvalue weighted by Gasteiger charge is -2.41. The maximum Gasteiger partial charge on any atom is 0.0678 e. The molecule has 1 saturated heterocycles. The monoisotopic (exact) mass is 226 g/mol. The van der Waals surface area contributed by atoms with Gasteiger partial charge in [-0.15, -0.1) is 0 Å². The molecule has 0 radical (unpaired) electrons. The number of nitrogens with zero attached hydrogens (tertiary/aromatic N) is 1. The molecule has 1 saturated carbocycles. The fourth-order valence-corrected chi connectivity index (χ4v) is 3.38. The van der Waals surface area contributed by atoms with Gasteiger partial charge in [-0.3, -0.25) is 4.90 Å². The van der Waals surface area contributed by atoms with Gasteiger partial charge in [0.05, 0.1) is 12.2 Å². The molecule has 0 aromatic carbocycles. The summed E-state index contributed by atoms with van der Waals surface area (Å²) >= 11 is 0. The standard InChI is InChI=1S/C13H26N2O/c1-10-7-15(8-11(2)16-10)9-13(3)6-4-5-12(13)14/h10-12H,4-9,14H2,1-3H3. The molecule has 3 heteroatoms. The van der Waals surface area contributed by atoms with Gasteiger partial charge < -0.3 is 10.5 Å². The molecule has 0 amide bonds. The molecule has 94 valence electrons. The van der Waals surface area contributed by atoms with E-state index in [0.717, 1.165) is 19.6 Å². The molecule has 2 N–H and O–H groups in total. The highest BCUT2D eigenvalue weighted by molar-refractivity contribution is 4.94. The van der Waals surface area contributed by atoms with Crippen LogP contribution < -0.4 is 5.73 Å². The van der Waals surface area contributed by atoms with Gasteiger partial charge in [-0.05, 0) is 32.1 Å². The highest BCUT2D eigenvalue weighted by atomic mass is 16.5. The molecule has 16 heavy (non-hydrogen) atoms. The van der Waals surface area contributed by atoms with Gasteiger partial charge in [0.1, 0.15) is 0 Å². The molecular weight excluding hydrogens is 200 g/mol. The van der Waals surface area contributed by atoms with Crippen LogP contribution >= 0.6 is 0 Å². The third-order valence-electron chi connectivity index (χ3n) is 4.24. The average Bonchev–Trinajstić information content (AvgIpc) is 2.44. The zero-order valence-corrected chi connectivity index (χ0v) is 10.9. The molecular formula is C13H26N2O. The molecule has 2 fully saturated rings. The van der Waals surface area contributed by atoms with E-state index in [2.05, 4.69) is 25.7 Å². The van der Waals surface area contributed by atoms with Crippen molar-refractivity contribution in [1.82, 2.24) is 4.90 Å². The van der Waals surface area contributed by atoms with Gasteiger partial charge in [-0.25, -0.2) is 0 Å². The van der Waals surface area contributed by atoms with Crippen molar-refractivity contribution in [3.8, 4) is 0 Å². The zero-order chi connectivity index (χ0) is 11.8. The summed E-state index contributed by atoms with van der Waals surface area (Å²) in [6.45, 7) is 9.96. The molecule has 0 spiro atoms. The van der Waals surface area contributed by atoms with Crippen LogP contribution in [-0.4, -0.2) is 42.8 Å². The van der Waals surface area contributed by atoms with E-state index in [1.807, 2.05) is 0 Å². The van der Waals surface area contributed by atoms with Gasteiger partial charge in [0.25, 0.3) is 0 Å². The topological polar surface area (TPSA) is 38.5 Å². The smallest absolute Gasteiger partial charge is 0.0678 e. The first-order chi connectivity index (χ1) is 7.49. The Morgan fingerprint density at radius 2 is 1.94 bits per heavy atom. The number of morpholine rings is 1. The van der Waals surface area contributed by atoms with Gasteiger partial charge in [-0.2, -0.15) is 0 Å². The summed E-state index contributed by atoms with van der Waals surface area (Å²) in [5.41, 5.74) is 6.57. The van der Waals surface area contributed by atoms with Crippen LogP contribution in [-0.2, 0) is 4.74 Å². The lowest BCUT2D eigenvalue weighted by atomic mass is 9.84. The van der Waals surface area contributed by atoms with Crippen molar-refractivity contribution in [1.29, 1.82) is 0 Å². The quantitative estimate of drug-likeness (QED) is 0.777. The Kier molecular flexibility index (Phi) is 3.57. The maximum atomic E-state index is 6.24. The zero-order valence-electron chi connectivity index (χ0n) is 10.9. The molecule has 4 atom stereocenters. The van der Waals surface area contributed by atoms with Crippen LogP contribution in [0.3, 0.4) is 0 Å². The summed E-state index contributed by atoms with van der Waals surface area (Å²) in [5.74, 6) is 0. The summed E-state index contributed by atoms with van der Waals surface area (Å²) in [5, 5.41) is 0. The summed E-state index contributed by atoms with van der Waals surface area (Å²) in [4.78, 5) is 2.55. The van der Waals surface area contributed by atoms with Gasteiger partial charge in [-0.1, -0.05) is 13.3 Å². The molecule has 2 aliphatic rings. The Hall–Kier alpha value is -0.120.